The third-order valence-electron chi connectivity index (χ3n) is 2.33. The molecule has 1 aromatic rings. The van der Waals surface area contributed by atoms with E-state index in [1.807, 2.05) is 31.3 Å². The Bertz CT molecular complexity index is 343. The van der Waals surface area contributed by atoms with Gasteiger partial charge >= 0.3 is 0 Å². The lowest BCUT2D eigenvalue weighted by molar-refractivity contribution is 0.0970. The van der Waals surface area contributed by atoms with E-state index in [1.165, 1.54) is 11.8 Å². The van der Waals surface area contributed by atoms with Crippen LogP contribution in [0.2, 0.25) is 0 Å². The Balaban J connectivity index is 2.63. The van der Waals surface area contributed by atoms with E-state index >= 15 is 0 Å². The summed E-state index contributed by atoms with van der Waals surface area (Å²) in [5, 5.41) is 12.4. The lowest BCUT2D eigenvalue weighted by atomic mass is 10.4. The number of nitrogens with zero attached hydrogens (tertiary/aromatic N) is 3. The number of hydrogen-bond donors (Lipinski definition) is 2. The third kappa shape index (κ3) is 4.67. The molecular weight excluding hydrogens is 252 g/mol. The number of aromatic nitrogens is 2. The van der Waals surface area contributed by atoms with Crippen LogP contribution >= 0.6 is 11.8 Å². The van der Waals surface area contributed by atoms with Crippen molar-refractivity contribution >= 4 is 23.4 Å². The van der Waals surface area contributed by atoms with Crippen LogP contribution in [0.1, 0.15) is 0 Å². The minimum atomic E-state index is 0.0533. The van der Waals surface area contributed by atoms with Crippen LogP contribution in [0.4, 0.5) is 11.6 Å². The highest BCUT2D eigenvalue weighted by atomic mass is 32.2. The lowest BCUT2D eigenvalue weighted by Crippen LogP contribution is -2.24. The first-order valence-electron chi connectivity index (χ1n) is 5.71. The second kappa shape index (κ2) is 8.12. The molecule has 2 N–H and O–H groups in total. The van der Waals surface area contributed by atoms with Gasteiger partial charge in [0.05, 0.1) is 19.8 Å². The van der Waals surface area contributed by atoms with Crippen molar-refractivity contribution in [1.82, 2.24) is 9.97 Å². The zero-order valence-corrected chi connectivity index (χ0v) is 11.8. The predicted octanol–water partition coefficient (Wildman–Crippen LogP) is 0.685. The van der Waals surface area contributed by atoms with Gasteiger partial charge in [-0.2, -0.15) is 0 Å². The van der Waals surface area contributed by atoms with E-state index in [-0.39, 0.29) is 6.61 Å². The molecule has 0 saturated heterocycles. The number of hydrogen-bond acceptors (Lipinski definition) is 7. The highest BCUT2D eigenvalue weighted by Crippen LogP contribution is 2.19. The Morgan fingerprint density at radius 1 is 1.44 bits per heavy atom. The van der Waals surface area contributed by atoms with Gasteiger partial charge in [-0.25, -0.2) is 9.97 Å². The van der Waals surface area contributed by atoms with Crippen molar-refractivity contribution in [3.05, 3.63) is 6.07 Å². The molecule has 0 radical (unpaired) electrons. The molecule has 0 aliphatic rings. The van der Waals surface area contributed by atoms with Crippen molar-refractivity contribution in [2.24, 2.45) is 0 Å². The van der Waals surface area contributed by atoms with E-state index in [0.29, 0.717) is 19.8 Å². The molecule has 1 rings (SSSR count). The van der Waals surface area contributed by atoms with Crippen molar-refractivity contribution in [1.29, 1.82) is 0 Å². The molecule has 1 aromatic heterocycles. The third-order valence-corrected chi connectivity index (χ3v) is 2.88. The number of nitrogens with one attached hydrogen (secondary N) is 1. The first-order valence-corrected chi connectivity index (χ1v) is 6.94. The first kappa shape index (κ1) is 15.0. The molecule has 0 unspecified atom stereocenters. The van der Waals surface area contributed by atoms with Crippen LogP contribution in [-0.2, 0) is 4.74 Å². The van der Waals surface area contributed by atoms with Crippen molar-refractivity contribution in [2.45, 2.75) is 5.16 Å². The molecule has 0 spiro atoms. The molecular formula is C11H20N4O2S. The Morgan fingerprint density at radius 3 is 2.83 bits per heavy atom. The lowest BCUT2D eigenvalue weighted by Gasteiger charge is -2.19. The van der Waals surface area contributed by atoms with Gasteiger partial charge in [0.2, 0.25) is 0 Å². The molecule has 7 heteroatoms. The van der Waals surface area contributed by atoms with Crippen LogP contribution in [0.5, 0.6) is 0 Å². The fourth-order valence-corrected chi connectivity index (χ4v) is 1.68. The average Bonchev–Trinajstić information content (AvgIpc) is 2.42. The van der Waals surface area contributed by atoms with Crippen LogP contribution in [-0.4, -0.2) is 61.8 Å². The molecule has 1 heterocycles. The van der Waals surface area contributed by atoms with Crippen molar-refractivity contribution in [3.63, 3.8) is 0 Å². The number of anilines is 2. The minimum Gasteiger partial charge on any atom is -0.394 e. The van der Waals surface area contributed by atoms with Crippen LogP contribution in [0, 0.1) is 0 Å². The van der Waals surface area contributed by atoms with Crippen LogP contribution in [0.25, 0.3) is 0 Å². The summed E-state index contributed by atoms with van der Waals surface area (Å²) < 4.78 is 5.23. The summed E-state index contributed by atoms with van der Waals surface area (Å²) >= 11 is 1.51. The summed E-state index contributed by atoms with van der Waals surface area (Å²) in [5.74, 6) is 1.65. The van der Waals surface area contributed by atoms with Gasteiger partial charge in [-0.3, -0.25) is 0 Å². The van der Waals surface area contributed by atoms with E-state index in [1.54, 1.807) is 0 Å². The maximum Gasteiger partial charge on any atom is 0.191 e. The van der Waals surface area contributed by atoms with Crippen LogP contribution in [0.3, 0.4) is 0 Å². The van der Waals surface area contributed by atoms with Gasteiger partial charge < -0.3 is 20.1 Å². The molecule has 0 aromatic carbocycles. The second-order valence-electron chi connectivity index (χ2n) is 3.61. The standard InChI is InChI=1S/C11H20N4O2S/c1-12-9-8-10(14-11(13-9)18-3)15(2)4-6-17-7-5-16/h8,16H,4-7H2,1-3H3,(H,12,13,14). The Labute approximate surface area is 112 Å². The van der Waals surface area contributed by atoms with E-state index in [9.17, 15) is 0 Å². The Kier molecular flexibility index (Phi) is 6.77. The maximum atomic E-state index is 8.61. The van der Waals surface area contributed by atoms with Gasteiger partial charge in [0.25, 0.3) is 0 Å². The molecule has 0 atom stereocenters. The van der Waals surface area contributed by atoms with Crippen molar-refractivity contribution in [3.8, 4) is 0 Å². The van der Waals surface area contributed by atoms with Gasteiger partial charge in [0.15, 0.2) is 5.16 Å². The summed E-state index contributed by atoms with van der Waals surface area (Å²) in [7, 11) is 3.79. The average molecular weight is 272 g/mol. The normalized spacial score (nSPS) is 10.4. The number of aliphatic hydroxyl groups is 1. The molecule has 0 fully saturated rings. The Morgan fingerprint density at radius 2 is 2.22 bits per heavy atom. The number of aliphatic hydroxyl groups excluding tert-OH is 1. The topological polar surface area (TPSA) is 70.5 Å². The van der Waals surface area contributed by atoms with E-state index in [4.69, 9.17) is 9.84 Å². The fraction of sp³-hybridized carbons (Fsp3) is 0.636. The van der Waals surface area contributed by atoms with Gasteiger partial charge in [-0.05, 0) is 6.26 Å². The van der Waals surface area contributed by atoms with Gasteiger partial charge in [-0.15, -0.1) is 0 Å². The van der Waals surface area contributed by atoms with E-state index in [0.717, 1.165) is 16.8 Å². The quantitative estimate of drug-likeness (QED) is 0.410. The van der Waals surface area contributed by atoms with Gasteiger partial charge in [-0.1, -0.05) is 11.8 Å². The molecule has 0 saturated carbocycles. The fourth-order valence-electron chi connectivity index (χ4n) is 1.31. The summed E-state index contributed by atoms with van der Waals surface area (Å²) in [6, 6.07) is 1.89. The number of likely N-dealkylation sites (N-methyl/N-ethyl adjacent to an activating group) is 1. The van der Waals surface area contributed by atoms with Gasteiger partial charge in [0.1, 0.15) is 11.6 Å². The predicted molar refractivity (Wildman–Crippen MR) is 74.5 cm³/mol. The second-order valence-corrected chi connectivity index (χ2v) is 4.38. The van der Waals surface area contributed by atoms with Gasteiger partial charge in [0, 0.05) is 26.7 Å². The molecule has 0 bridgehead atoms. The van der Waals surface area contributed by atoms with Crippen molar-refractivity contribution in [2.75, 3.05) is 56.9 Å². The number of ether oxygens (including phenoxy) is 1. The first-order chi connectivity index (χ1) is 8.71. The van der Waals surface area contributed by atoms with E-state index in [2.05, 4.69) is 15.3 Å². The summed E-state index contributed by atoms with van der Waals surface area (Å²) in [5.41, 5.74) is 0. The maximum absolute atomic E-state index is 8.61. The summed E-state index contributed by atoms with van der Waals surface area (Å²) in [6.45, 7) is 1.70. The summed E-state index contributed by atoms with van der Waals surface area (Å²) in [4.78, 5) is 10.7. The molecule has 0 aliphatic carbocycles. The molecule has 0 aliphatic heterocycles. The Hall–Kier alpha value is -1.05. The van der Waals surface area contributed by atoms with Crippen molar-refractivity contribution < 1.29 is 9.84 Å². The number of thioether (sulfide) groups is 1. The van der Waals surface area contributed by atoms with Crippen LogP contribution in [0.15, 0.2) is 11.2 Å². The zero-order valence-electron chi connectivity index (χ0n) is 11.0. The highest BCUT2D eigenvalue weighted by Gasteiger charge is 2.07. The summed E-state index contributed by atoms with van der Waals surface area (Å²) in [6.07, 6.45) is 1.95. The molecule has 6 nitrogen and oxygen atoms in total. The molecule has 0 amide bonds. The molecule has 102 valence electrons. The smallest absolute Gasteiger partial charge is 0.191 e. The zero-order chi connectivity index (χ0) is 13.4. The minimum absolute atomic E-state index is 0.0533. The molecule has 18 heavy (non-hydrogen) atoms. The highest BCUT2D eigenvalue weighted by molar-refractivity contribution is 7.98. The largest absolute Gasteiger partial charge is 0.394 e. The van der Waals surface area contributed by atoms with E-state index < -0.39 is 0 Å². The SMILES string of the molecule is CNc1cc(N(C)CCOCCO)nc(SC)n1. The van der Waals surface area contributed by atoms with Crippen LogP contribution < -0.4 is 10.2 Å². The number of rotatable bonds is 8. The monoisotopic (exact) mass is 272 g/mol.